The van der Waals surface area contributed by atoms with E-state index in [1.807, 2.05) is 0 Å². The van der Waals surface area contributed by atoms with Crippen LogP contribution in [0.5, 0.6) is 11.5 Å². The number of hydrogen-bond donors (Lipinski definition) is 1. The van der Waals surface area contributed by atoms with Crippen molar-refractivity contribution in [2.45, 2.75) is 45.2 Å². The van der Waals surface area contributed by atoms with E-state index in [9.17, 15) is 0 Å². The zero-order chi connectivity index (χ0) is 15.1. The fourth-order valence-corrected chi connectivity index (χ4v) is 3.06. The van der Waals surface area contributed by atoms with Crippen LogP contribution in [-0.4, -0.2) is 19.8 Å². The summed E-state index contributed by atoms with van der Waals surface area (Å²) in [5.41, 5.74) is 1.21. The third-order valence-corrected chi connectivity index (χ3v) is 4.19. The molecule has 0 bridgehead atoms. The van der Waals surface area contributed by atoms with Gasteiger partial charge in [-0.25, -0.2) is 0 Å². The van der Waals surface area contributed by atoms with Crippen molar-refractivity contribution >= 4 is 15.9 Å². The molecule has 0 radical (unpaired) electrons. The van der Waals surface area contributed by atoms with Gasteiger partial charge in [0, 0.05) is 12.6 Å². The maximum absolute atomic E-state index is 5.76. The normalized spacial score (nSPS) is 17.8. The summed E-state index contributed by atoms with van der Waals surface area (Å²) in [7, 11) is 1.68. The van der Waals surface area contributed by atoms with Crippen LogP contribution >= 0.6 is 15.9 Å². The molecule has 0 amide bonds. The van der Waals surface area contributed by atoms with E-state index in [1.165, 1.54) is 18.4 Å². The molecule has 1 aliphatic carbocycles. The smallest absolute Gasteiger partial charge is 0.175 e. The number of ether oxygens (including phenoxy) is 2. The fourth-order valence-electron chi connectivity index (χ4n) is 2.46. The lowest BCUT2D eigenvalue weighted by molar-refractivity contribution is 0.292. The van der Waals surface area contributed by atoms with Crippen molar-refractivity contribution in [3.8, 4) is 11.5 Å². The van der Waals surface area contributed by atoms with E-state index >= 15 is 0 Å². The van der Waals surface area contributed by atoms with Gasteiger partial charge in [-0.3, -0.25) is 0 Å². The minimum absolute atomic E-state index is 0.579. The third-order valence-electron chi connectivity index (χ3n) is 3.60. The molecule has 1 atom stereocenters. The fraction of sp³-hybridized carbons (Fsp3) is 0.529. The molecule has 0 aromatic heterocycles. The summed E-state index contributed by atoms with van der Waals surface area (Å²) in [5.74, 6) is 1.59. The SMILES string of the molecule is CCCOc1c(Br)cc(CNC2CC=CCC2)cc1OC. The molecule has 21 heavy (non-hydrogen) atoms. The van der Waals surface area contributed by atoms with Gasteiger partial charge in [-0.2, -0.15) is 0 Å². The summed E-state index contributed by atoms with van der Waals surface area (Å²) in [5, 5.41) is 3.61. The van der Waals surface area contributed by atoms with Gasteiger partial charge in [0.05, 0.1) is 18.2 Å². The Labute approximate surface area is 135 Å². The molecule has 0 saturated carbocycles. The highest BCUT2D eigenvalue weighted by molar-refractivity contribution is 9.10. The highest BCUT2D eigenvalue weighted by Gasteiger charge is 2.13. The molecule has 116 valence electrons. The maximum Gasteiger partial charge on any atom is 0.175 e. The van der Waals surface area contributed by atoms with Gasteiger partial charge < -0.3 is 14.8 Å². The number of hydrogen-bond acceptors (Lipinski definition) is 3. The Morgan fingerprint density at radius 1 is 1.33 bits per heavy atom. The number of halogens is 1. The predicted octanol–water partition coefficient (Wildman–Crippen LogP) is 4.44. The minimum Gasteiger partial charge on any atom is -0.493 e. The lowest BCUT2D eigenvalue weighted by atomic mass is 10.0. The first-order valence-electron chi connectivity index (χ1n) is 7.62. The van der Waals surface area contributed by atoms with Crippen molar-refractivity contribution in [3.05, 3.63) is 34.3 Å². The first-order chi connectivity index (χ1) is 10.2. The second-order valence-electron chi connectivity index (χ2n) is 5.32. The summed E-state index contributed by atoms with van der Waals surface area (Å²) in [6.07, 6.45) is 9.02. The van der Waals surface area contributed by atoms with E-state index in [2.05, 4.69) is 52.5 Å². The largest absolute Gasteiger partial charge is 0.493 e. The molecule has 1 aromatic carbocycles. The van der Waals surface area contributed by atoms with Crippen LogP contribution in [0.2, 0.25) is 0 Å². The summed E-state index contributed by atoms with van der Waals surface area (Å²) in [4.78, 5) is 0. The standard InChI is InChI=1S/C17H24BrNO2/c1-3-9-21-17-15(18)10-13(11-16(17)20-2)12-19-14-7-5-4-6-8-14/h4-5,10-11,14,19H,3,6-9,12H2,1-2H3. The Hall–Kier alpha value is -1.00. The topological polar surface area (TPSA) is 30.5 Å². The van der Waals surface area contributed by atoms with Crippen LogP contribution < -0.4 is 14.8 Å². The maximum atomic E-state index is 5.76. The van der Waals surface area contributed by atoms with Crippen molar-refractivity contribution in [2.24, 2.45) is 0 Å². The van der Waals surface area contributed by atoms with E-state index in [0.717, 1.165) is 35.4 Å². The van der Waals surface area contributed by atoms with Crippen molar-refractivity contribution < 1.29 is 9.47 Å². The molecule has 3 nitrogen and oxygen atoms in total. The molecule has 0 fully saturated rings. The van der Waals surface area contributed by atoms with E-state index < -0.39 is 0 Å². The lowest BCUT2D eigenvalue weighted by Gasteiger charge is -2.20. The Balaban J connectivity index is 2.02. The first kappa shape index (κ1) is 16.4. The predicted molar refractivity (Wildman–Crippen MR) is 90.1 cm³/mol. The van der Waals surface area contributed by atoms with Gasteiger partial charge in [-0.1, -0.05) is 19.1 Å². The van der Waals surface area contributed by atoms with Crippen LogP contribution in [0.15, 0.2) is 28.8 Å². The zero-order valence-corrected chi connectivity index (χ0v) is 14.4. The summed E-state index contributed by atoms with van der Waals surface area (Å²) in [6, 6.07) is 4.75. The average molecular weight is 354 g/mol. The number of allylic oxidation sites excluding steroid dienone is 1. The molecular weight excluding hydrogens is 330 g/mol. The molecule has 0 spiro atoms. The first-order valence-corrected chi connectivity index (χ1v) is 8.41. The molecule has 2 rings (SSSR count). The summed E-state index contributed by atoms with van der Waals surface area (Å²) >= 11 is 3.59. The second-order valence-corrected chi connectivity index (χ2v) is 6.17. The molecule has 1 unspecified atom stereocenters. The minimum atomic E-state index is 0.579. The van der Waals surface area contributed by atoms with Gasteiger partial charge in [0.2, 0.25) is 0 Å². The molecule has 0 saturated heterocycles. The van der Waals surface area contributed by atoms with Gasteiger partial charge in [0.1, 0.15) is 0 Å². The average Bonchev–Trinajstić information content (AvgIpc) is 2.52. The number of methoxy groups -OCH3 is 1. The molecule has 1 aliphatic rings. The van der Waals surface area contributed by atoms with Gasteiger partial charge in [0.15, 0.2) is 11.5 Å². The monoisotopic (exact) mass is 353 g/mol. The van der Waals surface area contributed by atoms with Gasteiger partial charge in [-0.15, -0.1) is 0 Å². The Bertz CT molecular complexity index is 488. The summed E-state index contributed by atoms with van der Waals surface area (Å²) in [6.45, 7) is 3.64. The number of benzene rings is 1. The molecule has 4 heteroatoms. The number of nitrogens with one attached hydrogen (secondary N) is 1. The van der Waals surface area contributed by atoms with Crippen molar-refractivity contribution in [1.29, 1.82) is 0 Å². The van der Waals surface area contributed by atoms with Crippen molar-refractivity contribution in [3.63, 3.8) is 0 Å². The molecule has 0 heterocycles. The highest BCUT2D eigenvalue weighted by atomic mass is 79.9. The zero-order valence-electron chi connectivity index (χ0n) is 12.8. The molecular formula is C17H24BrNO2. The van der Waals surface area contributed by atoms with Crippen LogP contribution in [0.1, 0.15) is 38.2 Å². The van der Waals surface area contributed by atoms with Crippen molar-refractivity contribution in [1.82, 2.24) is 5.32 Å². The van der Waals surface area contributed by atoms with Crippen molar-refractivity contribution in [2.75, 3.05) is 13.7 Å². The quantitative estimate of drug-likeness (QED) is 0.734. The van der Waals surface area contributed by atoms with Crippen LogP contribution in [0, 0.1) is 0 Å². The molecule has 1 aromatic rings. The lowest BCUT2D eigenvalue weighted by Crippen LogP contribution is -2.29. The summed E-state index contributed by atoms with van der Waals surface area (Å²) < 4.78 is 12.2. The van der Waals surface area contributed by atoms with Gasteiger partial charge >= 0.3 is 0 Å². The van der Waals surface area contributed by atoms with E-state index in [1.54, 1.807) is 7.11 Å². The van der Waals surface area contributed by atoms with E-state index in [-0.39, 0.29) is 0 Å². The van der Waals surface area contributed by atoms with Gasteiger partial charge in [-0.05, 0) is 59.3 Å². The number of rotatable bonds is 7. The molecule has 0 aliphatic heterocycles. The van der Waals surface area contributed by atoms with Crippen LogP contribution in [0.3, 0.4) is 0 Å². The van der Waals surface area contributed by atoms with Crippen LogP contribution in [0.4, 0.5) is 0 Å². The van der Waals surface area contributed by atoms with E-state index in [0.29, 0.717) is 12.6 Å². The Kier molecular flexibility index (Phi) is 6.58. The van der Waals surface area contributed by atoms with Gasteiger partial charge in [0.25, 0.3) is 0 Å². The second kappa shape index (κ2) is 8.44. The van der Waals surface area contributed by atoms with E-state index in [4.69, 9.17) is 9.47 Å². The van der Waals surface area contributed by atoms with Crippen LogP contribution in [-0.2, 0) is 6.54 Å². The third kappa shape index (κ3) is 4.75. The van der Waals surface area contributed by atoms with Crippen LogP contribution in [0.25, 0.3) is 0 Å². The Morgan fingerprint density at radius 3 is 2.86 bits per heavy atom. The Morgan fingerprint density at radius 2 is 2.19 bits per heavy atom. The molecule has 1 N–H and O–H groups in total. The highest BCUT2D eigenvalue weighted by Crippen LogP contribution is 2.36.